The summed E-state index contributed by atoms with van der Waals surface area (Å²) in [4.78, 5) is 24.0. The van der Waals surface area contributed by atoms with E-state index < -0.39 is 17.5 Å². The van der Waals surface area contributed by atoms with Crippen LogP contribution in [0, 0.1) is 0 Å². The number of amides is 1. The van der Waals surface area contributed by atoms with Gasteiger partial charge in [-0.1, -0.05) is 12.1 Å². The van der Waals surface area contributed by atoms with Crippen molar-refractivity contribution in [2.24, 2.45) is 0 Å². The number of alkyl halides is 3. The predicted octanol–water partition coefficient (Wildman–Crippen LogP) is 4.62. The van der Waals surface area contributed by atoms with Crippen LogP contribution in [0.25, 0.3) is 0 Å². The molecular formula is C24H28F3N3O2. The van der Waals surface area contributed by atoms with E-state index in [-0.39, 0.29) is 30.2 Å². The van der Waals surface area contributed by atoms with Crippen molar-refractivity contribution in [2.45, 2.75) is 75.0 Å². The smallest absolute Gasteiger partial charge is 0.395 e. The fourth-order valence-corrected chi connectivity index (χ4v) is 4.69. The van der Waals surface area contributed by atoms with Crippen LogP contribution < -0.4 is 0 Å². The van der Waals surface area contributed by atoms with Crippen molar-refractivity contribution in [3.8, 4) is 0 Å². The van der Waals surface area contributed by atoms with Crippen LogP contribution in [0.3, 0.4) is 0 Å². The van der Waals surface area contributed by atoms with Gasteiger partial charge in [0.15, 0.2) is 0 Å². The zero-order valence-electron chi connectivity index (χ0n) is 18.1. The quantitative estimate of drug-likeness (QED) is 0.702. The van der Waals surface area contributed by atoms with Crippen LogP contribution in [0.15, 0.2) is 42.7 Å². The lowest BCUT2D eigenvalue weighted by Crippen LogP contribution is -2.48. The number of carbonyl (C=O) groups excluding carboxylic acids is 1. The maximum Gasteiger partial charge on any atom is 0.395 e. The number of benzene rings is 1. The molecule has 1 atom stereocenters. The highest BCUT2D eigenvalue weighted by atomic mass is 19.4. The Morgan fingerprint density at radius 2 is 1.66 bits per heavy atom. The van der Waals surface area contributed by atoms with Crippen LogP contribution in [0.2, 0.25) is 0 Å². The number of hydrogen-bond acceptors (Lipinski definition) is 4. The molecule has 2 fully saturated rings. The Labute approximate surface area is 185 Å². The largest absolute Gasteiger partial charge is 0.395 e. The molecule has 2 aliphatic rings. The second-order valence-electron chi connectivity index (χ2n) is 9.07. The molecule has 0 bridgehead atoms. The molecule has 2 saturated carbocycles. The Morgan fingerprint density at radius 3 is 2.16 bits per heavy atom. The Hall–Kier alpha value is -2.48. The molecule has 4 rings (SSSR count). The van der Waals surface area contributed by atoms with Crippen molar-refractivity contribution < 1.29 is 23.1 Å². The zero-order chi connectivity index (χ0) is 22.9. The summed E-state index contributed by atoms with van der Waals surface area (Å²) in [6, 6.07) is 7.78. The van der Waals surface area contributed by atoms with Crippen molar-refractivity contribution in [3.05, 3.63) is 59.7 Å². The van der Waals surface area contributed by atoms with Crippen LogP contribution in [-0.2, 0) is 5.41 Å². The molecule has 1 amide bonds. The van der Waals surface area contributed by atoms with Crippen molar-refractivity contribution in [1.82, 2.24) is 14.9 Å². The van der Waals surface area contributed by atoms with Crippen LogP contribution in [0.1, 0.15) is 73.1 Å². The van der Waals surface area contributed by atoms with Crippen molar-refractivity contribution in [2.75, 3.05) is 6.61 Å². The second-order valence-corrected chi connectivity index (χ2v) is 9.07. The molecule has 0 saturated heterocycles. The van der Waals surface area contributed by atoms with Gasteiger partial charge in [0.1, 0.15) is 5.82 Å². The molecule has 2 aromatic rings. The average molecular weight is 448 g/mol. The normalized spacial score (nSPS) is 24.7. The van der Waals surface area contributed by atoms with Crippen molar-refractivity contribution in [3.63, 3.8) is 0 Å². The van der Waals surface area contributed by atoms with E-state index >= 15 is 0 Å². The lowest BCUT2D eigenvalue weighted by Gasteiger charge is -2.42. The van der Waals surface area contributed by atoms with Gasteiger partial charge in [0.25, 0.3) is 5.91 Å². The van der Waals surface area contributed by atoms with Gasteiger partial charge in [0, 0.05) is 30.0 Å². The fourth-order valence-electron chi connectivity index (χ4n) is 4.69. The first kappa shape index (κ1) is 22.7. The predicted molar refractivity (Wildman–Crippen MR) is 113 cm³/mol. The Balaban J connectivity index is 1.48. The SMILES string of the molecule is CC(c1ccc(C(=O)N(C2CC2)C2CCC(CO)(c3ncccn3)CC2)cc1)C(F)(F)F. The average Bonchev–Trinajstić information content (AvgIpc) is 3.64. The number of aliphatic hydroxyl groups excluding tert-OH is 1. The number of rotatable bonds is 6. The van der Waals surface area contributed by atoms with Crippen molar-refractivity contribution >= 4 is 5.91 Å². The monoisotopic (exact) mass is 447 g/mol. The number of carbonyl (C=O) groups is 1. The number of nitrogens with zero attached hydrogens (tertiary/aromatic N) is 3. The molecule has 1 N–H and O–H groups in total. The summed E-state index contributed by atoms with van der Waals surface area (Å²) >= 11 is 0. The molecule has 1 unspecified atom stereocenters. The van der Waals surface area contributed by atoms with Gasteiger partial charge in [0.2, 0.25) is 0 Å². The minimum Gasteiger partial charge on any atom is -0.395 e. The maximum atomic E-state index is 13.3. The van der Waals surface area contributed by atoms with Gasteiger partial charge >= 0.3 is 6.18 Å². The summed E-state index contributed by atoms with van der Waals surface area (Å²) < 4.78 is 39.0. The van der Waals surface area contributed by atoms with Gasteiger partial charge in [0.05, 0.1) is 17.9 Å². The van der Waals surface area contributed by atoms with Gasteiger partial charge in [-0.3, -0.25) is 4.79 Å². The van der Waals surface area contributed by atoms with E-state index in [0.29, 0.717) is 24.2 Å². The minimum absolute atomic E-state index is 0.0344. The first-order valence-electron chi connectivity index (χ1n) is 11.1. The van der Waals surface area contributed by atoms with E-state index in [2.05, 4.69) is 9.97 Å². The molecule has 2 aliphatic carbocycles. The first-order valence-corrected chi connectivity index (χ1v) is 11.1. The number of aliphatic hydroxyl groups is 1. The van der Waals surface area contributed by atoms with E-state index in [1.165, 1.54) is 24.3 Å². The Kier molecular flexibility index (Phi) is 6.25. The summed E-state index contributed by atoms with van der Waals surface area (Å²) in [5.74, 6) is -1.06. The highest BCUT2D eigenvalue weighted by Gasteiger charge is 2.44. The molecule has 1 aromatic carbocycles. The van der Waals surface area contributed by atoms with Gasteiger partial charge in [-0.25, -0.2) is 9.97 Å². The third kappa shape index (κ3) is 4.51. The maximum absolute atomic E-state index is 13.3. The van der Waals surface area contributed by atoms with Crippen LogP contribution in [0.5, 0.6) is 0 Å². The minimum atomic E-state index is -4.31. The van der Waals surface area contributed by atoms with Gasteiger partial charge in [-0.05, 0) is 69.2 Å². The topological polar surface area (TPSA) is 66.3 Å². The summed E-state index contributed by atoms with van der Waals surface area (Å²) in [6.45, 7) is 1.08. The van der Waals surface area contributed by atoms with Gasteiger partial charge in [-0.15, -0.1) is 0 Å². The summed E-state index contributed by atoms with van der Waals surface area (Å²) in [5.41, 5.74) is 0.0755. The highest BCUT2D eigenvalue weighted by molar-refractivity contribution is 5.95. The van der Waals surface area contributed by atoms with E-state index in [1.807, 2.05) is 4.90 Å². The first-order chi connectivity index (χ1) is 15.2. The molecular weight excluding hydrogens is 419 g/mol. The van der Waals surface area contributed by atoms with E-state index in [1.54, 1.807) is 18.5 Å². The lowest BCUT2D eigenvalue weighted by atomic mass is 9.72. The van der Waals surface area contributed by atoms with Crippen LogP contribution in [0.4, 0.5) is 13.2 Å². The van der Waals surface area contributed by atoms with Crippen molar-refractivity contribution in [1.29, 1.82) is 0 Å². The summed E-state index contributed by atoms with van der Waals surface area (Å²) in [5, 5.41) is 10.1. The molecule has 8 heteroatoms. The number of aromatic nitrogens is 2. The fraction of sp³-hybridized carbons (Fsp3) is 0.542. The van der Waals surface area contributed by atoms with Gasteiger partial charge < -0.3 is 10.0 Å². The second kappa shape index (κ2) is 8.81. The highest BCUT2D eigenvalue weighted by Crippen LogP contribution is 2.42. The molecule has 0 aliphatic heterocycles. The lowest BCUT2D eigenvalue weighted by molar-refractivity contribution is -0.146. The van der Waals surface area contributed by atoms with Crippen LogP contribution >= 0.6 is 0 Å². The molecule has 172 valence electrons. The molecule has 1 aromatic heterocycles. The van der Waals surface area contributed by atoms with Crippen LogP contribution in [-0.4, -0.2) is 50.7 Å². The number of halogens is 3. The third-order valence-corrected chi connectivity index (χ3v) is 6.97. The Morgan fingerprint density at radius 1 is 1.09 bits per heavy atom. The third-order valence-electron chi connectivity index (χ3n) is 6.97. The standard InChI is InChI=1S/C24H28F3N3O2/c1-16(24(25,26)27)17-3-5-18(6-4-17)21(32)30(19-7-8-19)20-9-11-23(15-31,12-10-20)22-28-13-2-14-29-22/h2-6,13-14,16,19-20,31H,7-12,15H2,1H3. The van der Waals surface area contributed by atoms with E-state index in [4.69, 9.17) is 0 Å². The Bertz CT molecular complexity index is 922. The zero-order valence-corrected chi connectivity index (χ0v) is 18.1. The summed E-state index contributed by atoms with van der Waals surface area (Å²) in [6.07, 6.45) is 3.73. The molecule has 32 heavy (non-hydrogen) atoms. The molecule has 0 radical (unpaired) electrons. The van der Waals surface area contributed by atoms with E-state index in [9.17, 15) is 23.1 Å². The summed E-state index contributed by atoms with van der Waals surface area (Å²) in [7, 11) is 0. The van der Waals surface area contributed by atoms with Gasteiger partial charge in [-0.2, -0.15) is 13.2 Å². The molecule has 0 spiro atoms. The van der Waals surface area contributed by atoms with E-state index in [0.717, 1.165) is 32.6 Å². The molecule has 1 heterocycles. The molecule has 5 nitrogen and oxygen atoms in total. The number of hydrogen-bond donors (Lipinski definition) is 1.